The first-order valence-corrected chi connectivity index (χ1v) is 10.1. The van der Waals surface area contributed by atoms with Crippen LogP contribution in [-0.4, -0.2) is 49.0 Å². The Hall–Kier alpha value is -4.40. The predicted molar refractivity (Wildman–Crippen MR) is 118 cm³/mol. The second-order valence-electron chi connectivity index (χ2n) is 7.24. The van der Waals surface area contributed by atoms with Crippen LogP contribution in [0.2, 0.25) is 0 Å². The number of nitrogens with two attached hydrogens (primary N) is 1. The highest BCUT2D eigenvalue weighted by Gasteiger charge is 2.22. The number of aromatic nitrogens is 5. The highest BCUT2D eigenvalue weighted by atomic mass is 16.4. The normalized spacial score (nSPS) is 13.6. The van der Waals surface area contributed by atoms with Crippen molar-refractivity contribution in [3.63, 3.8) is 0 Å². The van der Waals surface area contributed by atoms with E-state index in [1.54, 1.807) is 35.6 Å². The molecule has 1 aromatic carbocycles. The number of nitrogen functional groups attached to an aromatic ring is 1. The fourth-order valence-electron chi connectivity index (χ4n) is 3.48. The number of rotatable bonds is 4. The summed E-state index contributed by atoms with van der Waals surface area (Å²) in [6.45, 7) is 1.04. The molecule has 4 heterocycles. The molecule has 5 rings (SSSR count). The van der Waals surface area contributed by atoms with E-state index in [9.17, 15) is 4.79 Å². The fraction of sp³-hybridized carbons (Fsp3) is 0.130. The Morgan fingerprint density at radius 3 is 2.62 bits per heavy atom. The molecular weight excluding hydrogens is 406 g/mol. The number of amides is 1. The second-order valence-corrected chi connectivity index (χ2v) is 7.24. The van der Waals surface area contributed by atoms with Gasteiger partial charge in [0.25, 0.3) is 11.8 Å². The van der Waals surface area contributed by atoms with Crippen molar-refractivity contribution in [2.45, 2.75) is 6.42 Å². The van der Waals surface area contributed by atoms with Gasteiger partial charge in [-0.05, 0) is 36.3 Å². The molecule has 0 saturated carbocycles. The minimum Gasteiger partial charge on any atom is -0.414 e. The SMILES string of the molecule is Nc1ncc(C2=CCN(C(=O)c3cccnc3)CC2)nc1-c1nnc(-c2ccccc2)o1. The number of carbonyl (C=O) groups is 1. The molecule has 0 radical (unpaired) electrons. The number of carbonyl (C=O) groups excluding carboxylic acids is 1. The Labute approximate surface area is 183 Å². The molecule has 0 fully saturated rings. The minimum absolute atomic E-state index is 0.0446. The molecule has 158 valence electrons. The van der Waals surface area contributed by atoms with Gasteiger partial charge in [0.2, 0.25) is 5.89 Å². The Balaban J connectivity index is 1.37. The van der Waals surface area contributed by atoms with Crippen LogP contribution in [0, 0.1) is 0 Å². The third kappa shape index (κ3) is 3.83. The Kier molecular flexibility index (Phi) is 5.12. The number of anilines is 1. The fourth-order valence-corrected chi connectivity index (χ4v) is 3.48. The van der Waals surface area contributed by atoms with Crippen molar-refractivity contribution in [3.8, 4) is 23.0 Å². The van der Waals surface area contributed by atoms with Crippen molar-refractivity contribution < 1.29 is 9.21 Å². The Morgan fingerprint density at radius 1 is 1.03 bits per heavy atom. The summed E-state index contributed by atoms with van der Waals surface area (Å²) in [4.78, 5) is 27.3. The molecule has 32 heavy (non-hydrogen) atoms. The maximum atomic E-state index is 12.6. The molecule has 3 aromatic heterocycles. The molecule has 0 saturated heterocycles. The van der Waals surface area contributed by atoms with Gasteiger partial charge in [-0.3, -0.25) is 9.78 Å². The van der Waals surface area contributed by atoms with Gasteiger partial charge in [0.05, 0.1) is 17.5 Å². The van der Waals surface area contributed by atoms with Crippen LogP contribution >= 0.6 is 0 Å². The van der Waals surface area contributed by atoms with Crippen LogP contribution in [-0.2, 0) is 0 Å². The van der Waals surface area contributed by atoms with Crippen molar-refractivity contribution in [3.05, 3.63) is 78.4 Å². The summed E-state index contributed by atoms with van der Waals surface area (Å²) >= 11 is 0. The third-order valence-corrected chi connectivity index (χ3v) is 5.18. The van der Waals surface area contributed by atoms with Crippen LogP contribution in [0.3, 0.4) is 0 Å². The molecule has 2 N–H and O–H groups in total. The summed E-state index contributed by atoms with van der Waals surface area (Å²) in [5.41, 5.74) is 9.42. The van der Waals surface area contributed by atoms with Crippen LogP contribution in [0.1, 0.15) is 22.5 Å². The lowest BCUT2D eigenvalue weighted by Crippen LogP contribution is -2.34. The van der Waals surface area contributed by atoms with Crippen LogP contribution < -0.4 is 5.73 Å². The molecular formula is C23H19N7O2. The average molecular weight is 425 g/mol. The third-order valence-electron chi connectivity index (χ3n) is 5.18. The van der Waals surface area contributed by atoms with Gasteiger partial charge in [0, 0.05) is 31.0 Å². The first-order valence-electron chi connectivity index (χ1n) is 10.1. The quantitative estimate of drug-likeness (QED) is 0.529. The summed E-state index contributed by atoms with van der Waals surface area (Å²) < 4.78 is 5.79. The molecule has 0 bridgehead atoms. The molecule has 1 amide bonds. The topological polar surface area (TPSA) is 124 Å². The zero-order valence-electron chi connectivity index (χ0n) is 17.0. The van der Waals surface area contributed by atoms with Crippen LogP contribution in [0.15, 0.2) is 71.5 Å². The van der Waals surface area contributed by atoms with Gasteiger partial charge in [-0.25, -0.2) is 9.97 Å². The van der Waals surface area contributed by atoms with Crippen molar-refractivity contribution in [1.29, 1.82) is 0 Å². The first kappa shape index (κ1) is 19.6. The average Bonchev–Trinajstić information content (AvgIpc) is 3.35. The lowest BCUT2D eigenvalue weighted by Gasteiger charge is -2.26. The number of hydrogen-bond acceptors (Lipinski definition) is 8. The van der Waals surface area contributed by atoms with Crippen molar-refractivity contribution >= 4 is 17.3 Å². The smallest absolute Gasteiger partial charge is 0.270 e. The Bertz CT molecular complexity index is 1290. The van der Waals surface area contributed by atoms with E-state index in [4.69, 9.17) is 10.2 Å². The summed E-state index contributed by atoms with van der Waals surface area (Å²) in [6, 6.07) is 13.0. The van der Waals surface area contributed by atoms with Gasteiger partial charge >= 0.3 is 0 Å². The zero-order chi connectivity index (χ0) is 21.9. The molecule has 0 spiro atoms. The van der Waals surface area contributed by atoms with E-state index >= 15 is 0 Å². The molecule has 1 aliphatic rings. The molecule has 0 aliphatic carbocycles. The summed E-state index contributed by atoms with van der Waals surface area (Å²) in [5, 5.41) is 8.20. The molecule has 9 nitrogen and oxygen atoms in total. The summed E-state index contributed by atoms with van der Waals surface area (Å²) in [7, 11) is 0. The number of hydrogen-bond donors (Lipinski definition) is 1. The summed E-state index contributed by atoms with van der Waals surface area (Å²) in [5.74, 6) is 0.757. The van der Waals surface area contributed by atoms with Crippen LogP contribution in [0.4, 0.5) is 5.82 Å². The van der Waals surface area contributed by atoms with Gasteiger partial charge in [-0.15, -0.1) is 10.2 Å². The second kappa shape index (κ2) is 8.38. The largest absolute Gasteiger partial charge is 0.414 e. The van der Waals surface area contributed by atoms with E-state index in [0.717, 1.165) is 11.1 Å². The van der Waals surface area contributed by atoms with Crippen LogP contribution in [0.25, 0.3) is 28.6 Å². The number of nitrogens with zero attached hydrogens (tertiary/aromatic N) is 6. The number of pyridine rings is 1. The van der Waals surface area contributed by atoms with Gasteiger partial charge in [-0.2, -0.15) is 0 Å². The molecule has 0 unspecified atom stereocenters. The monoisotopic (exact) mass is 425 g/mol. The molecule has 1 aliphatic heterocycles. The maximum absolute atomic E-state index is 12.6. The van der Waals surface area contributed by atoms with Crippen molar-refractivity contribution in [2.24, 2.45) is 0 Å². The van der Waals surface area contributed by atoms with E-state index in [2.05, 4.69) is 25.1 Å². The maximum Gasteiger partial charge on any atom is 0.270 e. The number of benzene rings is 1. The van der Waals surface area contributed by atoms with Gasteiger partial charge in [-0.1, -0.05) is 24.3 Å². The first-order chi connectivity index (χ1) is 15.7. The predicted octanol–water partition coefficient (Wildman–Crippen LogP) is 3.10. The molecule has 0 atom stereocenters. The van der Waals surface area contributed by atoms with E-state index in [1.807, 2.05) is 36.4 Å². The zero-order valence-corrected chi connectivity index (χ0v) is 17.0. The Morgan fingerprint density at radius 2 is 1.88 bits per heavy atom. The molecule has 4 aromatic rings. The lowest BCUT2D eigenvalue weighted by atomic mass is 10.0. The molecule has 9 heteroatoms. The van der Waals surface area contributed by atoms with Gasteiger partial charge < -0.3 is 15.1 Å². The van der Waals surface area contributed by atoms with Gasteiger partial charge in [0.1, 0.15) is 0 Å². The van der Waals surface area contributed by atoms with Crippen molar-refractivity contribution in [2.75, 3.05) is 18.8 Å². The standard InChI is InChI=1S/C23H19N7O2/c24-20-19(22-29-28-21(32-22)16-5-2-1-3-6-16)27-18(14-26-20)15-8-11-30(12-9-15)23(31)17-7-4-10-25-13-17/h1-8,10,13-14H,9,11-12H2,(H2,24,26). The van der Waals surface area contributed by atoms with E-state index in [1.165, 1.54) is 0 Å². The van der Waals surface area contributed by atoms with E-state index in [-0.39, 0.29) is 17.6 Å². The minimum atomic E-state index is -0.0446. The highest BCUT2D eigenvalue weighted by Crippen LogP contribution is 2.28. The van der Waals surface area contributed by atoms with Gasteiger partial charge in [0.15, 0.2) is 11.5 Å². The van der Waals surface area contributed by atoms with Crippen molar-refractivity contribution in [1.82, 2.24) is 30.0 Å². The van der Waals surface area contributed by atoms with E-state index < -0.39 is 0 Å². The summed E-state index contributed by atoms with van der Waals surface area (Å²) in [6.07, 6.45) is 7.47. The van der Waals surface area contributed by atoms with E-state index in [0.29, 0.717) is 42.4 Å². The van der Waals surface area contributed by atoms with Crippen LogP contribution in [0.5, 0.6) is 0 Å². The highest BCUT2D eigenvalue weighted by molar-refractivity contribution is 5.94. The lowest BCUT2D eigenvalue weighted by molar-refractivity contribution is 0.0772.